The molecule has 0 saturated heterocycles. The lowest BCUT2D eigenvalue weighted by atomic mass is 10.1. The molecule has 0 aromatic carbocycles. The lowest BCUT2D eigenvalue weighted by molar-refractivity contribution is -0.373. The topological polar surface area (TPSA) is 52.0 Å². The van der Waals surface area contributed by atoms with Crippen LogP contribution in [0.5, 0.6) is 0 Å². The molecule has 0 unspecified atom stereocenters. The van der Waals surface area contributed by atoms with Gasteiger partial charge in [0.1, 0.15) is 4.88 Å². The second kappa shape index (κ2) is 4.73. The molecule has 86 valence electrons. The molecule has 2 N–H and O–H groups in total. The van der Waals surface area contributed by atoms with Gasteiger partial charge >= 0.3 is 0 Å². The molecule has 0 spiro atoms. The Morgan fingerprint density at radius 3 is 2.94 bits per heavy atom. The fourth-order valence-corrected chi connectivity index (χ4v) is 2.79. The molecule has 5 heteroatoms. The molecular weight excluding hydrogens is 232 g/mol. The first-order valence-corrected chi connectivity index (χ1v) is 6.44. The predicted molar refractivity (Wildman–Crippen MR) is 67.4 cm³/mol. The summed E-state index contributed by atoms with van der Waals surface area (Å²) in [5, 5.41) is 4.53. The monoisotopic (exact) mass is 245 g/mol. The average molecular weight is 245 g/mol. The van der Waals surface area contributed by atoms with E-state index in [1.54, 1.807) is 23.7 Å². The van der Waals surface area contributed by atoms with E-state index in [0.29, 0.717) is 0 Å². The second-order valence-corrected chi connectivity index (χ2v) is 4.89. The number of hydrogen-bond donors (Lipinski definition) is 1. The van der Waals surface area contributed by atoms with Crippen molar-refractivity contribution in [1.29, 1.82) is 0 Å². The largest absolute Gasteiger partial charge is 0.313 e. The molecule has 1 aliphatic rings. The second-order valence-electron chi connectivity index (χ2n) is 3.84. The smallest absolute Gasteiger partial charge is 0.263 e. The van der Waals surface area contributed by atoms with E-state index in [2.05, 4.69) is 26.3 Å². The maximum atomic E-state index is 4.25. The Kier molecular flexibility index (Phi) is 2.94. The fraction of sp³-hybridized carbons (Fsp3) is 0.250. The van der Waals surface area contributed by atoms with Crippen molar-refractivity contribution in [3.63, 3.8) is 0 Å². The van der Waals surface area contributed by atoms with Gasteiger partial charge in [0.25, 0.3) is 5.01 Å². The fourth-order valence-electron chi connectivity index (χ4n) is 1.82. The van der Waals surface area contributed by atoms with Gasteiger partial charge in [-0.05, 0) is 19.0 Å². The van der Waals surface area contributed by atoms with Gasteiger partial charge in [-0.2, -0.15) is 0 Å². The van der Waals surface area contributed by atoms with Crippen molar-refractivity contribution >= 4 is 16.9 Å². The van der Waals surface area contributed by atoms with Crippen LogP contribution in [-0.2, 0) is 0 Å². The molecule has 4 nitrogen and oxygen atoms in total. The Bertz CT molecular complexity index is 532. The standard InChI is InChI=1S/C12H12N4S/c1-4-14-11(15-5-1)10-8-16-12(17-10)9-2-6-13-7-3-9/h1-2,4-5,8,13H,3,6-7H2/p+1. The van der Waals surface area contributed by atoms with Crippen LogP contribution in [0.4, 0.5) is 0 Å². The number of thiazole rings is 1. The lowest BCUT2D eigenvalue weighted by Gasteiger charge is -2.08. The molecule has 0 atom stereocenters. The van der Waals surface area contributed by atoms with Crippen molar-refractivity contribution < 1.29 is 4.98 Å². The Hall–Kier alpha value is -1.59. The quantitative estimate of drug-likeness (QED) is 0.870. The van der Waals surface area contributed by atoms with E-state index in [1.807, 2.05) is 12.3 Å². The molecule has 0 aliphatic carbocycles. The Balaban J connectivity index is 1.90. The number of nitrogens with one attached hydrogen (secondary N) is 2. The van der Waals surface area contributed by atoms with E-state index in [4.69, 9.17) is 0 Å². The first-order valence-electron chi connectivity index (χ1n) is 5.62. The highest BCUT2D eigenvalue weighted by Gasteiger charge is 2.17. The molecule has 1 aliphatic heterocycles. The third-order valence-electron chi connectivity index (χ3n) is 2.69. The molecule has 0 radical (unpaired) electrons. The Labute approximate surface area is 103 Å². The zero-order valence-corrected chi connectivity index (χ0v) is 10.1. The zero-order valence-electron chi connectivity index (χ0n) is 9.31. The van der Waals surface area contributed by atoms with E-state index >= 15 is 0 Å². The molecule has 3 heterocycles. The number of hydrogen-bond acceptors (Lipinski definition) is 4. The van der Waals surface area contributed by atoms with Crippen molar-refractivity contribution in [1.82, 2.24) is 15.3 Å². The summed E-state index contributed by atoms with van der Waals surface area (Å²) in [6.07, 6.45) is 8.84. The lowest BCUT2D eigenvalue weighted by Crippen LogP contribution is -2.21. The van der Waals surface area contributed by atoms with Gasteiger partial charge in [0.2, 0.25) is 0 Å². The third-order valence-corrected chi connectivity index (χ3v) is 3.79. The van der Waals surface area contributed by atoms with Crippen LogP contribution in [0.2, 0.25) is 0 Å². The molecule has 2 aromatic rings. The first-order chi connectivity index (χ1) is 8.43. The molecule has 0 saturated carbocycles. The van der Waals surface area contributed by atoms with E-state index < -0.39 is 0 Å². The van der Waals surface area contributed by atoms with Gasteiger partial charge in [-0.3, -0.25) is 0 Å². The number of H-pyrrole nitrogens is 1. The minimum absolute atomic E-state index is 0.787. The number of rotatable bonds is 2. The van der Waals surface area contributed by atoms with Crippen molar-refractivity contribution in [2.45, 2.75) is 6.42 Å². The van der Waals surface area contributed by atoms with Crippen LogP contribution in [0.3, 0.4) is 0 Å². The summed E-state index contributed by atoms with van der Waals surface area (Å²) in [6, 6.07) is 1.83. The van der Waals surface area contributed by atoms with Gasteiger partial charge in [-0.15, -0.1) is 0 Å². The van der Waals surface area contributed by atoms with E-state index in [-0.39, 0.29) is 0 Å². The molecule has 3 rings (SSSR count). The normalized spacial score (nSPS) is 15.6. The summed E-state index contributed by atoms with van der Waals surface area (Å²) in [4.78, 5) is 12.9. The minimum Gasteiger partial charge on any atom is -0.313 e. The number of nitrogens with zero attached hydrogens (tertiary/aromatic N) is 2. The summed E-state index contributed by atoms with van der Waals surface area (Å²) < 4.78 is 0. The van der Waals surface area contributed by atoms with Crippen LogP contribution in [0.25, 0.3) is 16.3 Å². The summed E-state index contributed by atoms with van der Waals surface area (Å²) in [5.41, 5.74) is 1.39. The van der Waals surface area contributed by atoms with Crippen LogP contribution < -0.4 is 10.3 Å². The minimum atomic E-state index is 0.787. The maximum Gasteiger partial charge on any atom is 0.263 e. The third kappa shape index (κ3) is 2.25. The Morgan fingerprint density at radius 1 is 1.29 bits per heavy atom. The highest BCUT2D eigenvalue weighted by molar-refractivity contribution is 7.15. The predicted octanol–water partition coefficient (Wildman–Crippen LogP) is 1.40. The van der Waals surface area contributed by atoms with Crippen LogP contribution >= 0.6 is 11.3 Å². The molecule has 17 heavy (non-hydrogen) atoms. The van der Waals surface area contributed by atoms with Gasteiger partial charge in [-0.25, -0.2) is 15.0 Å². The van der Waals surface area contributed by atoms with Crippen molar-refractivity contribution in [3.05, 3.63) is 35.7 Å². The van der Waals surface area contributed by atoms with Gasteiger partial charge in [0, 0.05) is 24.5 Å². The van der Waals surface area contributed by atoms with E-state index in [9.17, 15) is 0 Å². The van der Waals surface area contributed by atoms with Crippen molar-refractivity contribution in [3.8, 4) is 10.7 Å². The van der Waals surface area contributed by atoms with Crippen molar-refractivity contribution in [2.75, 3.05) is 13.1 Å². The van der Waals surface area contributed by atoms with Gasteiger partial charge < -0.3 is 5.32 Å². The molecule has 0 amide bonds. The van der Waals surface area contributed by atoms with Crippen LogP contribution in [0, 0.1) is 0 Å². The van der Waals surface area contributed by atoms with Gasteiger partial charge in [-0.1, -0.05) is 17.4 Å². The van der Waals surface area contributed by atoms with Gasteiger partial charge in [0.15, 0.2) is 12.0 Å². The van der Waals surface area contributed by atoms with E-state index in [1.165, 1.54) is 10.6 Å². The maximum absolute atomic E-state index is 4.25. The summed E-state index contributed by atoms with van der Waals surface area (Å²) in [6.45, 7) is 2.01. The van der Waals surface area contributed by atoms with Crippen LogP contribution in [-0.4, -0.2) is 23.1 Å². The van der Waals surface area contributed by atoms with Crippen molar-refractivity contribution in [2.24, 2.45) is 0 Å². The highest BCUT2D eigenvalue weighted by atomic mass is 32.1. The molecular formula is C12H13N4S+. The Morgan fingerprint density at radius 2 is 2.18 bits per heavy atom. The first kappa shape index (κ1) is 10.6. The average Bonchev–Trinajstić information content (AvgIpc) is 2.90. The molecule has 0 bridgehead atoms. The van der Waals surface area contributed by atoms with E-state index in [0.717, 1.165) is 30.2 Å². The summed E-state index contributed by atoms with van der Waals surface area (Å²) >= 11 is 1.72. The van der Waals surface area contributed by atoms with Crippen LogP contribution in [0.15, 0.2) is 30.7 Å². The number of aromatic nitrogens is 3. The highest BCUT2D eigenvalue weighted by Crippen LogP contribution is 2.26. The summed E-state index contributed by atoms with van der Waals surface area (Å²) in [7, 11) is 0. The molecule has 2 aromatic heterocycles. The van der Waals surface area contributed by atoms with Gasteiger partial charge in [0.05, 0.1) is 0 Å². The van der Waals surface area contributed by atoms with Crippen LogP contribution in [0.1, 0.15) is 11.4 Å². The molecule has 0 fully saturated rings. The zero-order chi connectivity index (χ0) is 11.5. The summed E-state index contributed by atoms with van der Waals surface area (Å²) in [5.74, 6) is 0.787. The number of aromatic amines is 1. The SMILES string of the molecule is C1=C(c2[nH+]cc(-c3ncccn3)s2)CCNC1.